The van der Waals surface area contributed by atoms with Gasteiger partial charge < -0.3 is 5.32 Å². The molecule has 0 aliphatic heterocycles. The summed E-state index contributed by atoms with van der Waals surface area (Å²) in [5, 5.41) is 14.5. The van der Waals surface area contributed by atoms with Gasteiger partial charge in [-0.25, -0.2) is 0 Å². The summed E-state index contributed by atoms with van der Waals surface area (Å²) in [6.07, 6.45) is 4.22. The van der Waals surface area contributed by atoms with Crippen molar-refractivity contribution in [1.82, 2.24) is 15.5 Å². The lowest BCUT2D eigenvalue weighted by Crippen LogP contribution is -2.17. The van der Waals surface area contributed by atoms with E-state index in [4.69, 9.17) is 0 Å². The third kappa shape index (κ3) is 1.89. The molecule has 1 aromatic rings. The number of hydrogen-bond donors (Lipinski definition) is 1. The SMILES string of the molecule is CCNC(C)c1nnc(C2CC3CC3C2)s1. The fourth-order valence-corrected chi connectivity index (χ4v) is 3.89. The molecule has 0 spiro atoms. The maximum Gasteiger partial charge on any atom is 0.134 e. The van der Waals surface area contributed by atoms with Crippen molar-refractivity contribution in [2.45, 2.75) is 45.1 Å². The molecule has 0 amide bonds. The van der Waals surface area contributed by atoms with E-state index in [1.54, 1.807) is 0 Å². The number of nitrogens with zero attached hydrogens (tertiary/aromatic N) is 2. The van der Waals surface area contributed by atoms with E-state index < -0.39 is 0 Å². The van der Waals surface area contributed by atoms with Crippen LogP contribution in [0.2, 0.25) is 0 Å². The van der Waals surface area contributed by atoms with Gasteiger partial charge in [-0.3, -0.25) is 0 Å². The highest BCUT2D eigenvalue weighted by molar-refractivity contribution is 7.11. The Kier molecular flexibility index (Phi) is 2.72. The Morgan fingerprint density at radius 1 is 1.31 bits per heavy atom. The molecule has 3 atom stereocenters. The summed E-state index contributed by atoms with van der Waals surface area (Å²) in [5.41, 5.74) is 0. The Labute approximate surface area is 101 Å². The van der Waals surface area contributed by atoms with E-state index in [0.29, 0.717) is 6.04 Å². The standard InChI is InChI=1S/C12H19N3S/c1-3-13-7(2)11-14-15-12(16-11)10-5-8-4-9(8)6-10/h7-10,13H,3-6H2,1-2H3. The maximum absolute atomic E-state index is 4.39. The van der Waals surface area contributed by atoms with Crippen LogP contribution in [0.5, 0.6) is 0 Å². The summed E-state index contributed by atoms with van der Waals surface area (Å²) in [5.74, 6) is 2.79. The van der Waals surface area contributed by atoms with E-state index in [2.05, 4.69) is 29.4 Å². The van der Waals surface area contributed by atoms with Gasteiger partial charge in [0.1, 0.15) is 10.0 Å². The van der Waals surface area contributed by atoms with Crippen LogP contribution in [0.25, 0.3) is 0 Å². The van der Waals surface area contributed by atoms with Crippen molar-refractivity contribution in [2.75, 3.05) is 6.54 Å². The summed E-state index contributed by atoms with van der Waals surface area (Å²) in [4.78, 5) is 0. The lowest BCUT2D eigenvalue weighted by atomic mass is 10.1. The van der Waals surface area contributed by atoms with Crippen LogP contribution >= 0.6 is 11.3 Å². The summed E-state index contributed by atoms with van der Waals surface area (Å²) >= 11 is 1.82. The average molecular weight is 237 g/mol. The molecular formula is C12H19N3S. The summed E-state index contributed by atoms with van der Waals surface area (Å²) < 4.78 is 0. The summed E-state index contributed by atoms with van der Waals surface area (Å²) in [6, 6.07) is 0.354. The smallest absolute Gasteiger partial charge is 0.134 e. The number of aromatic nitrogens is 2. The van der Waals surface area contributed by atoms with Crippen molar-refractivity contribution in [3.05, 3.63) is 10.0 Å². The van der Waals surface area contributed by atoms with E-state index in [-0.39, 0.29) is 0 Å². The molecule has 3 nitrogen and oxygen atoms in total. The number of fused-ring (bicyclic) bond motifs is 1. The predicted molar refractivity (Wildman–Crippen MR) is 65.6 cm³/mol. The maximum atomic E-state index is 4.39. The van der Waals surface area contributed by atoms with E-state index >= 15 is 0 Å². The Morgan fingerprint density at radius 2 is 2.06 bits per heavy atom. The van der Waals surface area contributed by atoms with Crippen LogP contribution in [0.15, 0.2) is 0 Å². The molecule has 0 bridgehead atoms. The third-order valence-electron chi connectivity index (χ3n) is 3.93. The van der Waals surface area contributed by atoms with Crippen LogP contribution in [-0.4, -0.2) is 16.7 Å². The highest BCUT2D eigenvalue weighted by Gasteiger charge is 2.47. The molecule has 4 heteroatoms. The monoisotopic (exact) mass is 237 g/mol. The largest absolute Gasteiger partial charge is 0.308 e. The Balaban J connectivity index is 1.67. The van der Waals surface area contributed by atoms with Crippen LogP contribution in [0.3, 0.4) is 0 Å². The zero-order valence-corrected chi connectivity index (χ0v) is 10.8. The Hall–Kier alpha value is -0.480. The van der Waals surface area contributed by atoms with E-state index in [0.717, 1.165) is 29.3 Å². The molecule has 2 saturated carbocycles. The highest BCUT2D eigenvalue weighted by Crippen LogP contribution is 2.57. The van der Waals surface area contributed by atoms with Crippen LogP contribution in [0.1, 0.15) is 55.1 Å². The molecule has 16 heavy (non-hydrogen) atoms. The molecule has 0 aromatic carbocycles. The van der Waals surface area contributed by atoms with Crippen molar-refractivity contribution in [2.24, 2.45) is 11.8 Å². The summed E-state index contributed by atoms with van der Waals surface area (Å²) in [6.45, 7) is 5.28. The fourth-order valence-electron chi connectivity index (χ4n) is 2.90. The number of nitrogens with one attached hydrogen (secondary N) is 1. The van der Waals surface area contributed by atoms with Gasteiger partial charge >= 0.3 is 0 Å². The predicted octanol–water partition coefficient (Wildman–Crippen LogP) is 2.72. The first kappa shape index (κ1) is 10.7. The van der Waals surface area contributed by atoms with Gasteiger partial charge in [0, 0.05) is 5.92 Å². The molecule has 3 rings (SSSR count). The Bertz CT molecular complexity index is 366. The van der Waals surface area contributed by atoms with Crippen molar-refractivity contribution in [3.8, 4) is 0 Å². The zero-order valence-electron chi connectivity index (χ0n) is 9.94. The van der Waals surface area contributed by atoms with E-state index in [1.165, 1.54) is 24.3 Å². The number of hydrogen-bond acceptors (Lipinski definition) is 4. The molecule has 2 aliphatic rings. The lowest BCUT2D eigenvalue weighted by molar-refractivity contribution is 0.586. The van der Waals surface area contributed by atoms with Crippen molar-refractivity contribution < 1.29 is 0 Å². The highest BCUT2D eigenvalue weighted by atomic mass is 32.1. The third-order valence-corrected chi connectivity index (χ3v) is 5.20. The van der Waals surface area contributed by atoms with E-state index in [9.17, 15) is 0 Å². The minimum absolute atomic E-state index is 0.354. The number of rotatable bonds is 4. The topological polar surface area (TPSA) is 37.8 Å². The molecule has 3 unspecified atom stereocenters. The Morgan fingerprint density at radius 3 is 2.75 bits per heavy atom. The van der Waals surface area contributed by atoms with Crippen LogP contribution < -0.4 is 5.32 Å². The van der Waals surface area contributed by atoms with Crippen LogP contribution in [0.4, 0.5) is 0 Å². The van der Waals surface area contributed by atoms with Crippen molar-refractivity contribution >= 4 is 11.3 Å². The molecule has 2 aliphatic carbocycles. The molecule has 1 heterocycles. The normalized spacial score (nSPS) is 33.8. The summed E-state index contributed by atoms with van der Waals surface area (Å²) in [7, 11) is 0. The van der Waals surface area contributed by atoms with Crippen molar-refractivity contribution in [3.63, 3.8) is 0 Å². The molecule has 1 N–H and O–H groups in total. The van der Waals surface area contributed by atoms with Gasteiger partial charge in [0.2, 0.25) is 0 Å². The molecule has 0 radical (unpaired) electrons. The van der Waals surface area contributed by atoms with E-state index in [1.807, 2.05) is 11.3 Å². The van der Waals surface area contributed by atoms with Gasteiger partial charge in [0.25, 0.3) is 0 Å². The second-order valence-corrected chi connectivity index (χ2v) is 6.22. The van der Waals surface area contributed by atoms with Gasteiger partial charge in [-0.2, -0.15) is 0 Å². The second kappa shape index (κ2) is 4.08. The quantitative estimate of drug-likeness (QED) is 0.875. The van der Waals surface area contributed by atoms with Gasteiger partial charge in [-0.1, -0.05) is 18.3 Å². The molecule has 2 fully saturated rings. The van der Waals surface area contributed by atoms with Crippen LogP contribution in [-0.2, 0) is 0 Å². The average Bonchev–Trinajstić information content (AvgIpc) is 2.74. The van der Waals surface area contributed by atoms with Crippen LogP contribution in [0, 0.1) is 11.8 Å². The second-order valence-electron chi connectivity index (χ2n) is 5.18. The first-order valence-corrected chi connectivity index (χ1v) is 7.16. The first-order valence-electron chi connectivity index (χ1n) is 6.34. The minimum atomic E-state index is 0.354. The van der Waals surface area contributed by atoms with Crippen molar-refractivity contribution in [1.29, 1.82) is 0 Å². The zero-order chi connectivity index (χ0) is 11.1. The molecule has 1 aromatic heterocycles. The molecular weight excluding hydrogens is 218 g/mol. The van der Waals surface area contributed by atoms with Gasteiger partial charge in [-0.15, -0.1) is 10.2 Å². The van der Waals surface area contributed by atoms with Gasteiger partial charge in [0.05, 0.1) is 6.04 Å². The van der Waals surface area contributed by atoms with Gasteiger partial charge in [0.15, 0.2) is 0 Å². The van der Waals surface area contributed by atoms with Gasteiger partial charge in [-0.05, 0) is 44.6 Å². The fraction of sp³-hybridized carbons (Fsp3) is 0.833. The lowest BCUT2D eigenvalue weighted by Gasteiger charge is -2.08. The minimum Gasteiger partial charge on any atom is -0.308 e. The molecule has 88 valence electrons. The molecule has 0 saturated heterocycles. The first-order chi connectivity index (χ1) is 7.78.